The summed E-state index contributed by atoms with van der Waals surface area (Å²) in [5, 5.41) is 40.9. The average Bonchev–Trinajstić information content (AvgIpc) is 2.83. The minimum atomic E-state index is -1.23. The molecule has 4 N–H and O–H groups in total. The van der Waals surface area contributed by atoms with E-state index in [0.717, 1.165) is 36.4 Å². The fourth-order valence-corrected chi connectivity index (χ4v) is 4.57. The van der Waals surface area contributed by atoms with E-state index in [1.807, 2.05) is 0 Å². The second-order valence-corrected chi connectivity index (χ2v) is 8.14. The minimum Gasteiger partial charge on any atom is -0.507 e. The molecule has 2 aliphatic rings. The van der Waals surface area contributed by atoms with E-state index in [1.54, 1.807) is 30.3 Å². The third-order valence-electron chi connectivity index (χ3n) is 6.12. The minimum absolute atomic E-state index is 0.204. The fourth-order valence-electron chi connectivity index (χ4n) is 4.57. The van der Waals surface area contributed by atoms with Crippen LogP contribution in [0.4, 0.5) is 0 Å². The van der Waals surface area contributed by atoms with Crippen LogP contribution in [0.25, 0.3) is 0 Å². The molecule has 5 rings (SSSR count). The molecule has 8 nitrogen and oxygen atoms in total. The lowest BCUT2D eigenvalue weighted by atomic mass is 9.72. The first kappa shape index (κ1) is 21.8. The number of carbonyl (C=O) groups excluding carboxylic acids is 4. The lowest BCUT2D eigenvalue weighted by Crippen LogP contribution is -2.27. The van der Waals surface area contributed by atoms with Crippen molar-refractivity contribution < 1.29 is 39.6 Å². The van der Waals surface area contributed by atoms with Crippen LogP contribution in [-0.2, 0) is 0 Å². The Balaban J connectivity index is 1.75. The molecule has 0 atom stereocenters. The predicted octanol–water partition coefficient (Wildman–Crippen LogP) is 3.60. The van der Waals surface area contributed by atoms with E-state index in [4.69, 9.17) is 0 Å². The van der Waals surface area contributed by atoms with E-state index >= 15 is 0 Å². The molecular weight excluding hydrogens is 452 g/mol. The first-order chi connectivity index (χ1) is 16.7. The lowest BCUT2D eigenvalue weighted by Gasteiger charge is -2.28. The number of allylic oxidation sites excluding steroid dienone is 4. The Morgan fingerprint density at radius 3 is 1.26 bits per heavy atom. The molecule has 0 spiro atoms. The molecule has 0 saturated heterocycles. The number of aromatic hydroxyl groups is 4. The Bertz CT molecular complexity index is 1450. The monoisotopic (exact) mass is 468 g/mol. The van der Waals surface area contributed by atoms with Crippen molar-refractivity contribution in [3.63, 3.8) is 0 Å². The summed E-state index contributed by atoms with van der Waals surface area (Å²) in [5.41, 5.74) is -1.57. The third-order valence-corrected chi connectivity index (χ3v) is 6.12. The molecule has 0 fully saturated rings. The Hall–Kier alpha value is -4.98. The fraction of sp³-hybridized carbons (Fsp3) is 0.0370. The van der Waals surface area contributed by atoms with E-state index in [2.05, 4.69) is 0 Å². The largest absolute Gasteiger partial charge is 0.507 e. The van der Waals surface area contributed by atoms with Crippen molar-refractivity contribution in [2.24, 2.45) is 0 Å². The van der Waals surface area contributed by atoms with Crippen molar-refractivity contribution in [3.05, 3.63) is 106 Å². The normalized spacial score (nSPS) is 15.0. The summed E-state index contributed by atoms with van der Waals surface area (Å²) in [5.74, 6) is -6.40. The maximum absolute atomic E-state index is 13.5. The van der Waals surface area contributed by atoms with Crippen molar-refractivity contribution >= 4 is 23.1 Å². The van der Waals surface area contributed by atoms with E-state index < -0.39 is 63.2 Å². The summed E-state index contributed by atoms with van der Waals surface area (Å²) < 4.78 is 0. The van der Waals surface area contributed by atoms with Crippen LogP contribution in [0.15, 0.2) is 77.9 Å². The van der Waals surface area contributed by atoms with Crippen LogP contribution in [0, 0.1) is 0 Å². The highest BCUT2D eigenvalue weighted by Crippen LogP contribution is 2.45. The zero-order valence-corrected chi connectivity index (χ0v) is 17.9. The van der Waals surface area contributed by atoms with E-state index in [0.29, 0.717) is 5.56 Å². The van der Waals surface area contributed by atoms with Crippen molar-refractivity contribution in [1.82, 2.24) is 0 Å². The second-order valence-electron chi connectivity index (χ2n) is 8.14. The molecule has 0 aliphatic heterocycles. The molecule has 8 heteroatoms. The Kier molecular flexibility index (Phi) is 4.87. The van der Waals surface area contributed by atoms with Gasteiger partial charge >= 0.3 is 0 Å². The van der Waals surface area contributed by atoms with E-state index in [-0.39, 0.29) is 22.3 Å². The summed E-state index contributed by atoms with van der Waals surface area (Å²) in [4.78, 5) is 53.0. The summed E-state index contributed by atoms with van der Waals surface area (Å²) >= 11 is 0. The molecule has 35 heavy (non-hydrogen) atoms. The number of Topliss-reactive ketones (excluding diaryl/α,β-unsaturated/α-hetero) is 2. The summed E-state index contributed by atoms with van der Waals surface area (Å²) in [6, 6.07) is 12.5. The van der Waals surface area contributed by atoms with Crippen LogP contribution >= 0.6 is 0 Å². The van der Waals surface area contributed by atoms with Crippen molar-refractivity contribution in [3.8, 4) is 23.0 Å². The van der Waals surface area contributed by atoms with Gasteiger partial charge in [-0.2, -0.15) is 0 Å². The van der Waals surface area contributed by atoms with Crippen LogP contribution in [0.2, 0.25) is 0 Å². The summed E-state index contributed by atoms with van der Waals surface area (Å²) in [6.07, 6.45) is 1.94. The highest BCUT2D eigenvalue weighted by atomic mass is 16.3. The van der Waals surface area contributed by atoms with Gasteiger partial charge in [-0.1, -0.05) is 30.3 Å². The zero-order chi connectivity index (χ0) is 25.0. The van der Waals surface area contributed by atoms with Crippen LogP contribution in [0.1, 0.15) is 52.9 Å². The van der Waals surface area contributed by atoms with Crippen LogP contribution < -0.4 is 0 Å². The number of rotatable bonds is 3. The number of benzene rings is 3. The zero-order valence-electron chi connectivity index (χ0n) is 17.9. The van der Waals surface area contributed by atoms with Gasteiger partial charge in [0.15, 0.2) is 23.1 Å². The Labute approximate surface area is 197 Å². The number of hydrogen-bond acceptors (Lipinski definition) is 8. The number of hydrogen-bond donors (Lipinski definition) is 4. The van der Waals surface area contributed by atoms with Gasteiger partial charge in [0.2, 0.25) is 0 Å². The maximum Gasteiger partial charge on any atom is 0.194 e. The van der Waals surface area contributed by atoms with Gasteiger partial charge in [0.1, 0.15) is 23.0 Å². The first-order valence-corrected chi connectivity index (χ1v) is 10.5. The van der Waals surface area contributed by atoms with Gasteiger partial charge < -0.3 is 20.4 Å². The van der Waals surface area contributed by atoms with Crippen molar-refractivity contribution in [2.75, 3.05) is 0 Å². The molecule has 0 aromatic heterocycles. The number of fused-ring (bicyclic) bond motifs is 2. The van der Waals surface area contributed by atoms with Gasteiger partial charge in [-0.05, 0) is 42.0 Å². The lowest BCUT2D eigenvalue weighted by molar-refractivity contribution is 0.0961. The molecule has 0 unspecified atom stereocenters. The molecule has 0 saturated carbocycles. The molecule has 3 aromatic carbocycles. The second kappa shape index (κ2) is 7.81. The van der Waals surface area contributed by atoms with Crippen LogP contribution in [-0.4, -0.2) is 43.6 Å². The molecule has 2 aliphatic carbocycles. The number of ketones is 4. The van der Waals surface area contributed by atoms with Gasteiger partial charge in [0, 0.05) is 17.1 Å². The summed E-state index contributed by atoms with van der Waals surface area (Å²) in [7, 11) is 0. The molecule has 0 radical (unpaired) electrons. The van der Waals surface area contributed by atoms with Crippen LogP contribution in [0.5, 0.6) is 23.0 Å². The highest BCUT2D eigenvalue weighted by molar-refractivity contribution is 6.30. The van der Waals surface area contributed by atoms with Crippen LogP contribution in [0.3, 0.4) is 0 Å². The molecule has 3 aromatic rings. The van der Waals surface area contributed by atoms with Gasteiger partial charge in [-0.3, -0.25) is 19.2 Å². The van der Waals surface area contributed by atoms with Crippen molar-refractivity contribution in [2.45, 2.75) is 5.92 Å². The maximum atomic E-state index is 13.5. The molecular formula is C27H16O8. The van der Waals surface area contributed by atoms with Crippen molar-refractivity contribution in [1.29, 1.82) is 0 Å². The quantitative estimate of drug-likeness (QED) is 0.426. The molecule has 0 amide bonds. The smallest absolute Gasteiger partial charge is 0.194 e. The number of carbonyl (C=O) groups is 4. The highest BCUT2D eigenvalue weighted by Gasteiger charge is 2.41. The topological polar surface area (TPSA) is 149 Å². The Morgan fingerprint density at radius 2 is 0.857 bits per heavy atom. The van der Waals surface area contributed by atoms with E-state index in [1.165, 1.54) is 0 Å². The average molecular weight is 468 g/mol. The first-order valence-electron chi connectivity index (χ1n) is 10.5. The predicted molar refractivity (Wildman–Crippen MR) is 122 cm³/mol. The SMILES string of the molecule is O=C1C=C(C(C2=CC(=O)c3c(O)ccc(O)c3C2=O)c2ccccc2)C(=O)c2c(O)ccc(O)c21. The van der Waals surface area contributed by atoms with Gasteiger partial charge in [0.05, 0.1) is 22.3 Å². The van der Waals surface area contributed by atoms with E-state index in [9.17, 15) is 39.6 Å². The molecule has 0 bridgehead atoms. The molecule has 0 heterocycles. The number of phenols is 4. The van der Waals surface area contributed by atoms with Gasteiger partial charge in [0.25, 0.3) is 0 Å². The number of phenolic OH excluding ortho intramolecular Hbond substituents is 4. The third kappa shape index (κ3) is 3.23. The summed E-state index contributed by atoms with van der Waals surface area (Å²) in [6.45, 7) is 0. The van der Waals surface area contributed by atoms with Gasteiger partial charge in [-0.25, -0.2) is 0 Å². The standard InChI is InChI=1S/C27H16O8/c28-15-6-8-17(30)24-22(15)19(32)10-13(26(24)34)21(12-4-2-1-3-5-12)14-11-20(33)23-16(29)7-9-18(31)25(23)27(14)35/h1-11,21,28-31H. The molecule has 172 valence electrons. The Morgan fingerprint density at radius 1 is 0.486 bits per heavy atom. The van der Waals surface area contributed by atoms with Gasteiger partial charge in [-0.15, -0.1) is 0 Å².